The summed E-state index contributed by atoms with van der Waals surface area (Å²) in [7, 11) is 0. The van der Waals surface area contributed by atoms with Crippen molar-refractivity contribution in [3.05, 3.63) is 12.2 Å². The SMILES string of the molecule is CCCCCC/C=C\CCCCCCCC(=O)OC(COC(=O)CCCCCCCCCCCC)COC(=O)CCCCCCCCCCCCCCCCCCCCC. The Bertz CT molecular complexity index is 931. The van der Waals surface area contributed by atoms with Gasteiger partial charge in [-0.15, -0.1) is 0 Å². The minimum atomic E-state index is -0.767. The van der Waals surface area contributed by atoms with Crippen molar-refractivity contribution >= 4 is 17.9 Å². The van der Waals surface area contributed by atoms with Crippen molar-refractivity contribution in [2.24, 2.45) is 0 Å². The molecule has 0 amide bonds. The quantitative estimate of drug-likeness (QED) is 0.0263. The topological polar surface area (TPSA) is 78.9 Å². The van der Waals surface area contributed by atoms with Crippen LogP contribution in [0.15, 0.2) is 12.2 Å². The highest BCUT2D eigenvalue weighted by Gasteiger charge is 2.19. The van der Waals surface area contributed by atoms with Crippen LogP contribution in [0.3, 0.4) is 0 Å². The summed E-state index contributed by atoms with van der Waals surface area (Å²) >= 11 is 0. The number of allylic oxidation sites excluding steroid dienone is 2. The summed E-state index contributed by atoms with van der Waals surface area (Å²) < 4.78 is 16.8. The predicted octanol–water partition coefficient (Wildman–Crippen LogP) is 17.4. The highest BCUT2D eigenvalue weighted by Crippen LogP contribution is 2.16. The van der Waals surface area contributed by atoms with Gasteiger partial charge in [-0.25, -0.2) is 0 Å². The van der Waals surface area contributed by atoms with E-state index in [4.69, 9.17) is 14.2 Å². The minimum absolute atomic E-state index is 0.0681. The van der Waals surface area contributed by atoms with Crippen molar-refractivity contribution in [2.45, 2.75) is 303 Å². The number of esters is 3. The Kier molecular flexibility index (Phi) is 48.3. The first-order valence-electron chi connectivity index (χ1n) is 26.7. The Morgan fingerprint density at radius 3 is 0.850 bits per heavy atom. The van der Waals surface area contributed by atoms with Crippen LogP contribution >= 0.6 is 0 Å². The number of carbonyl (C=O) groups is 3. The van der Waals surface area contributed by atoms with Gasteiger partial charge in [-0.1, -0.05) is 245 Å². The molecule has 6 nitrogen and oxygen atoms in total. The Morgan fingerprint density at radius 1 is 0.317 bits per heavy atom. The van der Waals surface area contributed by atoms with Gasteiger partial charge in [0.2, 0.25) is 0 Å². The fraction of sp³-hybridized carbons (Fsp3) is 0.907. The molecule has 0 aromatic carbocycles. The fourth-order valence-corrected chi connectivity index (χ4v) is 7.97. The third-order valence-corrected chi connectivity index (χ3v) is 12.0. The largest absolute Gasteiger partial charge is 0.462 e. The second-order valence-electron chi connectivity index (χ2n) is 18.2. The third kappa shape index (κ3) is 47.2. The predicted molar refractivity (Wildman–Crippen MR) is 256 cm³/mol. The molecule has 0 N–H and O–H groups in total. The molecule has 0 aromatic rings. The first kappa shape index (κ1) is 58.1. The molecule has 354 valence electrons. The molecule has 0 saturated carbocycles. The smallest absolute Gasteiger partial charge is 0.306 e. The van der Waals surface area contributed by atoms with Gasteiger partial charge in [0.05, 0.1) is 0 Å². The van der Waals surface area contributed by atoms with Crippen molar-refractivity contribution in [1.29, 1.82) is 0 Å². The van der Waals surface area contributed by atoms with E-state index in [0.717, 1.165) is 64.2 Å². The van der Waals surface area contributed by atoms with Gasteiger partial charge < -0.3 is 14.2 Å². The maximum Gasteiger partial charge on any atom is 0.306 e. The van der Waals surface area contributed by atoms with E-state index in [9.17, 15) is 14.4 Å². The standard InChI is InChI=1S/C54H102O6/c1-4-7-10-13-16-19-22-24-25-26-27-28-29-31-32-35-38-41-44-47-53(56)59-50-51(49-58-52(55)46-43-40-37-34-21-18-15-12-9-6-3)60-54(57)48-45-42-39-36-33-30-23-20-17-14-11-8-5-2/h20,23,51H,4-19,21-22,24-50H2,1-3H3/b23-20-. The summed E-state index contributed by atoms with van der Waals surface area (Å²) in [5.74, 6) is -0.861. The number of hydrogen-bond acceptors (Lipinski definition) is 6. The van der Waals surface area contributed by atoms with E-state index < -0.39 is 6.10 Å². The summed E-state index contributed by atoms with van der Waals surface area (Å²) in [6, 6.07) is 0. The van der Waals surface area contributed by atoms with Crippen molar-refractivity contribution in [2.75, 3.05) is 13.2 Å². The number of rotatable bonds is 49. The Labute approximate surface area is 373 Å². The number of ether oxygens (including phenoxy) is 3. The van der Waals surface area contributed by atoms with Crippen LogP contribution in [-0.4, -0.2) is 37.2 Å². The third-order valence-electron chi connectivity index (χ3n) is 12.0. The molecule has 0 aliphatic carbocycles. The lowest BCUT2D eigenvalue weighted by molar-refractivity contribution is -0.167. The Hall–Kier alpha value is -1.85. The zero-order valence-electron chi connectivity index (χ0n) is 40.5. The van der Waals surface area contributed by atoms with Gasteiger partial charge >= 0.3 is 17.9 Å². The second kappa shape index (κ2) is 49.8. The maximum absolute atomic E-state index is 12.8. The second-order valence-corrected chi connectivity index (χ2v) is 18.2. The van der Waals surface area contributed by atoms with Crippen LogP contribution in [0.5, 0.6) is 0 Å². The molecule has 0 aliphatic rings. The Balaban J connectivity index is 4.25. The normalized spacial score (nSPS) is 12.0. The molecule has 0 fully saturated rings. The lowest BCUT2D eigenvalue weighted by Gasteiger charge is -2.18. The van der Waals surface area contributed by atoms with Crippen molar-refractivity contribution in [1.82, 2.24) is 0 Å². The van der Waals surface area contributed by atoms with Gasteiger partial charge in [-0.2, -0.15) is 0 Å². The first-order chi connectivity index (χ1) is 29.5. The molecule has 0 rings (SSSR count). The Morgan fingerprint density at radius 2 is 0.550 bits per heavy atom. The molecule has 0 bridgehead atoms. The maximum atomic E-state index is 12.8. The molecule has 0 saturated heterocycles. The average Bonchev–Trinajstić information content (AvgIpc) is 3.24. The van der Waals surface area contributed by atoms with Gasteiger partial charge in [-0.3, -0.25) is 14.4 Å². The molecule has 0 aliphatic heterocycles. The fourth-order valence-electron chi connectivity index (χ4n) is 7.97. The molecule has 1 unspecified atom stereocenters. The van der Waals surface area contributed by atoms with Crippen molar-refractivity contribution in [3.63, 3.8) is 0 Å². The van der Waals surface area contributed by atoms with Crippen molar-refractivity contribution < 1.29 is 28.6 Å². The minimum Gasteiger partial charge on any atom is -0.462 e. The zero-order chi connectivity index (χ0) is 43.7. The summed E-state index contributed by atoms with van der Waals surface area (Å²) in [6.45, 7) is 6.64. The highest BCUT2D eigenvalue weighted by molar-refractivity contribution is 5.71. The van der Waals surface area contributed by atoms with E-state index in [-0.39, 0.29) is 31.1 Å². The van der Waals surface area contributed by atoms with Crippen LogP contribution < -0.4 is 0 Å². The van der Waals surface area contributed by atoms with Gasteiger partial charge in [0, 0.05) is 19.3 Å². The molecule has 0 heterocycles. The molecule has 0 radical (unpaired) electrons. The molecule has 0 aromatic heterocycles. The molecule has 1 atom stereocenters. The zero-order valence-corrected chi connectivity index (χ0v) is 40.5. The van der Waals surface area contributed by atoms with E-state index in [0.29, 0.717) is 19.3 Å². The molecule has 60 heavy (non-hydrogen) atoms. The van der Waals surface area contributed by atoms with Crippen LogP contribution in [-0.2, 0) is 28.6 Å². The van der Waals surface area contributed by atoms with Crippen molar-refractivity contribution in [3.8, 4) is 0 Å². The highest BCUT2D eigenvalue weighted by atomic mass is 16.6. The van der Waals surface area contributed by atoms with Crippen LogP contribution in [0.1, 0.15) is 297 Å². The van der Waals surface area contributed by atoms with E-state index in [1.54, 1.807) is 0 Å². The van der Waals surface area contributed by atoms with E-state index in [2.05, 4.69) is 32.9 Å². The summed E-state index contributed by atoms with van der Waals surface area (Å²) in [6.07, 6.45) is 54.9. The van der Waals surface area contributed by atoms with Gasteiger partial charge in [-0.05, 0) is 44.9 Å². The van der Waals surface area contributed by atoms with Crippen LogP contribution in [0.2, 0.25) is 0 Å². The molecule has 6 heteroatoms. The lowest BCUT2D eigenvalue weighted by atomic mass is 10.0. The average molecular weight is 847 g/mol. The number of unbranched alkanes of at least 4 members (excludes halogenated alkanes) is 36. The first-order valence-corrected chi connectivity index (χ1v) is 26.7. The number of carbonyl (C=O) groups excluding carboxylic acids is 3. The van der Waals surface area contributed by atoms with Gasteiger partial charge in [0.15, 0.2) is 6.10 Å². The number of hydrogen-bond donors (Lipinski definition) is 0. The summed E-state index contributed by atoms with van der Waals surface area (Å²) in [4.78, 5) is 37.9. The summed E-state index contributed by atoms with van der Waals surface area (Å²) in [5, 5.41) is 0. The molecular formula is C54H102O6. The van der Waals surface area contributed by atoms with Crippen LogP contribution in [0.25, 0.3) is 0 Å². The van der Waals surface area contributed by atoms with Crippen LogP contribution in [0, 0.1) is 0 Å². The summed E-state index contributed by atoms with van der Waals surface area (Å²) in [5.41, 5.74) is 0. The van der Waals surface area contributed by atoms with Gasteiger partial charge in [0.25, 0.3) is 0 Å². The molecule has 0 spiro atoms. The monoisotopic (exact) mass is 847 g/mol. The molecular weight excluding hydrogens is 745 g/mol. The van der Waals surface area contributed by atoms with Gasteiger partial charge in [0.1, 0.15) is 13.2 Å². The van der Waals surface area contributed by atoms with E-state index in [1.807, 2.05) is 0 Å². The van der Waals surface area contributed by atoms with E-state index in [1.165, 1.54) is 193 Å². The van der Waals surface area contributed by atoms with E-state index >= 15 is 0 Å². The van der Waals surface area contributed by atoms with Crippen LogP contribution in [0.4, 0.5) is 0 Å². The lowest BCUT2D eigenvalue weighted by Crippen LogP contribution is -2.30.